The van der Waals surface area contributed by atoms with Crippen LogP contribution in [0.25, 0.3) is 0 Å². The number of ether oxygens (including phenoxy) is 1. The van der Waals surface area contributed by atoms with Crippen LogP contribution in [-0.2, 0) is 14.3 Å². The standard InChI is InChI=1S/C13H25NO3/c1-6-7-8-9-10(15)14-11(12(16)17-5)13(2,3)4/h11H,6-9H2,1-5H3,(H,14,15). The number of methoxy groups -OCH3 is 1. The van der Waals surface area contributed by atoms with E-state index in [0.29, 0.717) is 6.42 Å². The summed E-state index contributed by atoms with van der Waals surface area (Å²) < 4.78 is 4.71. The van der Waals surface area contributed by atoms with Gasteiger partial charge in [-0.1, -0.05) is 40.5 Å². The molecule has 1 unspecified atom stereocenters. The van der Waals surface area contributed by atoms with E-state index in [9.17, 15) is 9.59 Å². The van der Waals surface area contributed by atoms with Gasteiger partial charge in [-0.3, -0.25) is 4.79 Å². The average molecular weight is 243 g/mol. The molecule has 0 spiro atoms. The Balaban J connectivity index is 4.35. The topological polar surface area (TPSA) is 55.4 Å². The first-order valence-electron chi connectivity index (χ1n) is 6.20. The molecule has 0 aliphatic carbocycles. The van der Waals surface area contributed by atoms with Crippen LogP contribution in [0.2, 0.25) is 0 Å². The summed E-state index contributed by atoms with van der Waals surface area (Å²) >= 11 is 0. The lowest BCUT2D eigenvalue weighted by Gasteiger charge is -2.29. The van der Waals surface area contributed by atoms with Gasteiger partial charge >= 0.3 is 5.97 Å². The number of hydrogen-bond donors (Lipinski definition) is 1. The normalized spacial score (nSPS) is 13.0. The van der Waals surface area contributed by atoms with E-state index < -0.39 is 6.04 Å². The molecule has 0 rings (SSSR count). The maximum Gasteiger partial charge on any atom is 0.328 e. The largest absolute Gasteiger partial charge is 0.467 e. The molecule has 0 heterocycles. The molecule has 4 nitrogen and oxygen atoms in total. The smallest absolute Gasteiger partial charge is 0.328 e. The second kappa shape index (κ2) is 7.30. The van der Waals surface area contributed by atoms with Crippen LogP contribution in [0.3, 0.4) is 0 Å². The van der Waals surface area contributed by atoms with E-state index in [1.807, 2.05) is 20.8 Å². The number of unbranched alkanes of at least 4 members (excludes halogenated alkanes) is 2. The predicted octanol–water partition coefficient (Wildman–Crippen LogP) is 2.27. The van der Waals surface area contributed by atoms with E-state index in [1.165, 1.54) is 7.11 Å². The van der Waals surface area contributed by atoms with Crippen molar-refractivity contribution in [3.05, 3.63) is 0 Å². The van der Waals surface area contributed by atoms with E-state index in [-0.39, 0.29) is 17.3 Å². The Morgan fingerprint density at radius 2 is 1.82 bits per heavy atom. The highest BCUT2D eigenvalue weighted by atomic mass is 16.5. The first-order chi connectivity index (χ1) is 7.82. The van der Waals surface area contributed by atoms with Crippen molar-refractivity contribution in [3.63, 3.8) is 0 Å². The van der Waals surface area contributed by atoms with E-state index >= 15 is 0 Å². The van der Waals surface area contributed by atoms with Gasteiger partial charge in [-0.2, -0.15) is 0 Å². The number of carbonyl (C=O) groups excluding carboxylic acids is 2. The third kappa shape index (κ3) is 6.29. The van der Waals surface area contributed by atoms with Gasteiger partial charge in [-0.15, -0.1) is 0 Å². The van der Waals surface area contributed by atoms with Gasteiger partial charge in [-0.05, 0) is 11.8 Å². The summed E-state index contributed by atoms with van der Waals surface area (Å²) in [6.45, 7) is 7.80. The summed E-state index contributed by atoms with van der Waals surface area (Å²) in [6, 6.07) is -0.582. The number of hydrogen-bond acceptors (Lipinski definition) is 3. The van der Waals surface area contributed by atoms with E-state index in [0.717, 1.165) is 19.3 Å². The van der Waals surface area contributed by atoms with Gasteiger partial charge in [0.05, 0.1) is 7.11 Å². The minimum absolute atomic E-state index is 0.0798. The lowest BCUT2D eigenvalue weighted by atomic mass is 9.86. The zero-order valence-corrected chi connectivity index (χ0v) is 11.6. The summed E-state index contributed by atoms with van der Waals surface area (Å²) in [5.41, 5.74) is -0.340. The van der Waals surface area contributed by atoms with Crippen LogP contribution in [0.15, 0.2) is 0 Å². The van der Waals surface area contributed by atoms with Crippen molar-refractivity contribution in [1.82, 2.24) is 5.32 Å². The van der Waals surface area contributed by atoms with Gasteiger partial charge in [0.15, 0.2) is 0 Å². The molecule has 17 heavy (non-hydrogen) atoms. The monoisotopic (exact) mass is 243 g/mol. The predicted molar refractivity (Wildman–Crippen MR) is 67.5 cm³/mol. The number of rotatable bonds is 6. The molecule has 4 heteroatoms. The van der Waals surface area contributed by atoms with Crippen LogP contribution in [0.1, 0.15) is 53.4 Å². The molecule has 0 saturated carbocycles. The SMILES string of the molecule is CCCCCC(=O)NC(C(=O)OC)C(C)(C)C. The Morgan fingerprint density at radius 3 is 2.24 bits per heavy atom. The second-order valence-electron chi connectivity index (χ2n) is 5.35. The Morgan fingerprint density at radius 1 is 1.24 bits per heavy atom. The van der Waals surface area contributed by atoms with E-state index in [4.69, 9.17) is 4.74 Å². The summed E-state index contributed by atoms with van der Waals surface area (Å²) in [4.78, 5) is 23.3. The molecule has 0 aromatic heterocycles. The Labute approximate surface area is 104 Å². The lowest BCUT2D eigenvalue weighted by Crippen LogP contribution is -2.49. The Hall–Kier alpha value is -1.06. The van der Waals surface area contributed by atoms with Crippen molar-refractivity contribution in [3.8, 4) is 0 Å². The Bertz CT molecular complexity index is 256. The summed E-state index contributed by atoms with van der Waals surface area (Å²) in [7, 11) is 1.34. The maximum atomic E-state index is 11.7. The van der Waals surface area contributed by atoms with Gasteiger partial charge in [0.2, 0.25) is 5.91 Å². The lowest BCUT2D eigenvalue weighted by molar-refractivity contribution is -0.148. The van der Waals surface area contributed by atoms with Crippen LogP contribution in [-0.4, -0.2) is 25.0 Å². The fraction of sp³-hybridized carbons (Fsp3) is 0.846. The second-order valence-corrected chi connectivity index (χ2v) is 5.35. The highest BCUT2D eigenvalue weighted by Gasteiger charge is 2.33. The van der Waals surface area contributed by atoms with Crippen LogP contribution in [0.5, 0.6) is 0 Å². The molecular formula is C13H25NO3. The van der Waals surface area contributed by atoms with Crippen LogP contribution < -0.4 is 5.32 Å². The van der Waals surface area contributed by atoms with Crippen molar-refractivity contribution < 1.29 is 14.3 Å². The van der Waals surface area contributed by atoms with Crippen molar-refractivity contribution in [1.29, 1.82) is 0 Å². The third-order valence-electron chi connectivity index (χ3n) is 2.62. The zero-order valence-electron chi connectivity index (χ0n) is 11.6. The van der Waals surface area contributed by atoms with Crippen molar-refractivity contribution >= 4 is 11.9 Å². The molecule has 0 aliphatic heterocycles. The van der Waals surface area contributed by atoms with E-state index in [1.54, 1.807) is 0 Å². The molecule has 0 bridgehead atoms. The molecule has 0 aliphatic rings. The first-order valence-corrected chi connectivity index (χ1v) is 6.20. The maximum absolute atomic E-state index is 11.7. The number of esters is 1. The number of nitrogens with one attached hydrogen (secondary N) is 1. The molecule has 1 amide bonds. The van der Waals surface area contributed by atoms with Gasteiger partial charge in [0.25, 0.3) is 0 Å². The number of amides is 1. The molecule has 0 fully saturated rings. The fourth-order valence-electron chi connectivity index (χ4n) is 1.52. The molecule has 1 N–H and O–H groups in total. The fourth-order valence-corrected chi connectivity index (χ4v) is 1.52. The summed E-state index contributed by atoms with van der Waals surface area (Å²) in [5, 5.41) is 2.75. The van der Waals surface area contributed by atoms with Crippen molar-refractivity contribution in [2.24, 2.45) is 5.41 Å². The molecular weight excluding hydrogens is 218 g/mol. The van der Waals surface area contributed by atoms with Crippen molar-refractivity contribution in [2.45, 2.75) is 59.4 Å². The molecule has 0 aromatic carbocycles. The van der Waals surface area contributed by atoms with E-state index in [2.05, 4.69) is 12.2 Å². The summed E-state index contributed by atoms with van der Waals surface area (Å²) in [5.74, 6) is -0.467. The molecule has 1 atom stereocenters. The Kier molecular flexibility index (Phi) is 6.85. The highest BCUT2D eigenvalue weighted by Crippen LogP contribution is 2.20. The molecule has 100 valence electrons. The first kappa shape index (κ1) is 15.9. The molecule has 0 saturated heterocycles. The van der Waals surface area contributed by atoms with Gasteiger partial charge in [0.1, 0.15) is 6.04 Å². The minimum atomic E-state index is -0.582. The van der Waals surface area contributed by atoms with Crippen LogP contribution >= 0.6 is 0 Å². The van der Waals surface area contributed by atoms with Crippen molar-refractivity contribution in [2.75, 3.05) is 7.11 Å². The van der Waals surface area contributed by atoms with Gasteiger partial charge in [-0.25, -0.2) is 4.79 Å². The average Bonchev–Trinajstić information content (AvgIpc) is 2.23. The quantitative estimate of drug-likeness (QED) is 0.575. The van der Waals surface area contributed by atoms with Gasteiger partial charge < -0.3 is 10.1 Å². The zero-order chi connectivity index (χ0) is 13.5. The molecule has 0 radical (unpaired) electrons. The van der Waals surface area contributed by atoms with Crippen LogP contribution in [0.4, 0.5) is 0 Å². The minimum Gasteiger partial charge on any atom is -0.467 e. The van der Waals surface area contributed by atoms with Crippen LogP contribution in [0, 0.1) is 5.41 Å². The molecule has 0 aromatic rings. The highest BCUT2D eigenvalue weighted by molar-refractivity contribution is 5.84. The number of carbonyl (C=O) groups is 2. The van der Waals surface area contributed by atoms with Gasteiger partial charge in [0, 0.05) is 6.42 Å². The third-order valence-corrected chi connectivity index (χ3v) is 2.62. The summed E-state index contributed by atoms with van der Waals surface area (Å²) in [6.07, 6.45) is 3.44.